The first-order chi connectivity index (χ1) is 16.6. The molecule has 10 heteroatoms. The Kier molecular flexibility index (Phi) is 8.71. The fraction of sp³-hybridized carbons (Fsp3) is 0.560. The van der Waals surface area contributed by atoms with Gasteiger partial charge in [-0.2, -0.15) is 5.10 Å². The molecule has 0 aliphatic carbocycles. The SMILES string of the molecule is COCCCNC(=O)CN1C(=O)CSC(c2cc(OC)ccc2OC)c2c(C(C)(C)C)nn(C)c21. The van der Waals surface area contributed by atoms with Gasteiger partial charge in [-0.05, 0) is 24.6 Å². The average molecular weight is 505 g/mol. The summed E-state index contributed by atoms with van der Waals surface area (Å²) in [6, 6.07) is 5.67. The fourth-order valence-electron chi connectivity index (χ4n) is 4.18. The second-order valence-electron chi connectivity index (χ2n) is 9.43. The summed E-state index contributed by atoms with van der Waals surface area (Å²) in [5.74, 6) is 1.88. The van der Waals surface area contributed by atoms with Crippen molar-refractivity contribution in [2.75, 3.05) is 51.7 Å². The van der Waals surface area contributed by atoms with E-state index in [1.807, 2.05) is 25.2 Å². The van der Waals surface area contributed by atoms with Crippen molar-refractivity contribution in [2.24, 2.45) is 7.05 Å². The number of fused-ring (bicyclic) bond motifs is 1. The minimum Gasteiger partial charge on any atom is -0.497 e. The highest BCUT2D eigenvalue weighted by molar-refractivity contribution is 8.00. The van der Waals surface area contributed by atoms with E-state index in [9.17, 15) is 9.59 Å². The first kappa shape index (κ1) is 26.9. The molecule has 0 fully saturated rings. The Morgan fingerprint density at radius 1 is 1.23 bits per heavy atom. The number of thioether (sulfide) groups is 1. The largest absolute Gasteiger partial charge is 0.497 e. The van der Waals surface area contributed by atoms with Gasteiger partial charge in [0.2, 0.25) is 11.8 Å². The molecule has 35 heavy (non-hydrogen) atoms. The number of hydrogen-bond acceptors (Lipinski definition) is 7. The quantitative estimate of drug-likeness (QED) is 0.525. The van der Waals surface area contributed by atoms with Crippen molar-refractivity contribution in [1.29, 1.82) is 0 Å². The Morgan fingerprint density at radius 3 is 2.60 bits per heavy atom. The van der Waals surface area contributed by atoms with Gasteiger partial charge < -0.3 is 19.5 Å². The topological polar surface area (TPSA) is 94.9 Å². The monoisotopic (exact) mass is 504 g/mol. The molecule has 1 aliphatic heterocycles. The molecular weight excluding hydrogens is 468 g/mol. The zero-order valence-electron chi connectivity index (χ0n) is 21.6. The van der Waals surface area contributed by atoms with Gasteiger partial charge in [0, 0.05) is 43.9 Å². The molecule has 2 heterocycles. The van der Waals surface area contributed by atoms with E-state index in [1.165, 1.54) is 11.8 Å². The van der Waals surface area contributed by atoms with E-state index >= 15 is 0 Å². The minimum atomic E-state index is -0.294. The summed E-state index contributed by atoms with van der Waals surface area (Å²) in [6.07, 6.45) is 0.703. The van der Waals surface area contributed by atoms with Gasteiger partial charge in [-0.1, -0.05) is 20.8 Å². The number of nitrogens with one attached hydrogen (secondary N) is 1. The summed E-state index contributed by atoms with van der Waals surface area (Å²) in [5, 5.41) is 7.49. The number of aromatic nitrogens is 2. The predicted octanol–water partition coefficient (Wildman–Crippen LogP) is 3.06. The first-order valence-corrected chi connectivity index (χ1v) is 12.6. The number of aryl methyl sites for hydroxylation is 1. The number of carbonyl (C=O) groups excluding carboxylic acids is 2. The Balaban J connectivity index is 2.11. The van der Waals surface area contributed by atoms with Gasteiger partial charge in [0.1, 0.15) is 23.9 Å². The molecule has 1 atom stereocenters. The molecule has 1 aliphatic rings. The summed E-state index contributed by atoms with van der Waals surface area (Å²) in [5.41, 5.74) is 2.39. The molecule has 0 bridgehead atoms. The van der Waals surface area contributed by atoms with Crippen molar-refractivity contribution < 1.29 is 23.8 Å². The summed E-state index contributed by atoms with van der Waals surface area (Å²) >= 11 is 1.51. The molecule has 9 nitrogen and oxygen atoms in total. The van der Waals surface area contributed by atoms with Crippen LogP contribution in [0.4, 0.5) is 5.82 Å². The fourth-order valence-corrected chi connectivity index (χ4v) is 5.39. The van der Waals surface area contributed by atoms with Crippen LogP contribution in [0.5, 0.6) is 11.5 Å². The highest BCUT2D eigenvalue weighted by Crippen LogP contribution is 2.50. The van der Waals surface area contributed by atoms with Crippen LogP contribution in [0.25, 0.3) is 0 Å². The third kappa shape index (κ3) is 5.92. The van der Waals surface area contributed by atoms with Crippen LogP contribution in [0.1, 0.15) is 49.3 Å². The summed E-state index contributed by atoms with van der Waals surface area (Å²) < 4.78 is 18.0. The van der Waals surface area contributed by atoms with Crippen molar-refractivity contribution in [3.05, 3.63) is 35.0 Å². The maximum atomic E-state index is 13.4. The lowest BCUT2D eigenvalue weighted by Crippen LogP contribution is -2.42. The number of nitrogens with zero attached hydrogens (tertiary/aromatic N) is 3. The maximum Gasteiger partial charge on any atom is 0.240 e. The number of methoxy groups -OCH3 is 3. The number of benzene rings is 1. The van der Waals surface area contributed by atoms with Crippen LogP contribution in [0, 0.1) is 0 Å². The Bertz CT molecular complexity index is 1060. The van der Waals surface area contributed by atoms with Crippen LogP contribution in [-0.4, -0.2) is 68.4 Å². The van der Waals surface area contributed by atoms with Crippen LogP contribution < -0.4 is 19.7 Å². The van der Waals surface area contributed by atoms with Crippen molar-refractivity contribution in [1.82, 2.24) is 15.1 Å². The zero-order valence-corrected chi connectivity index (χ0v) is 22.5. The van der Waals surface area contributed by atoms with Gasteiger partial charge in [0.25, 0.3) is 0 Å². The minimum absolute atomic E-state index is 0.0789. The summed E-state index contributed by atoms with van der Waals surface area (Å²) in [4.78, 5) is 27.7. The number of anilines is 1. The molecule has 3 rings (SSSR count). The maximum absolute atomic E-state index is 13.4. The van der Waals surface area contributed by atoms with Crippen molar-refractivity contribution >= 4 is 29.4 Å². The third-order valence-corrected chi connectivity index (χ3v) is 7.06. The molecule has 1 N–H and O–H groups in total. The van der Waals surface area contributed by atoms with E-state index in [0.29, 0.717) is 36.9 Å². The lowest BCUT2D eigenvalue weighted by molar-refractivity contribution is -0.123. The molecule has 0 saturated heterocycles. The summed E-state index contributed by atoms with van der Waals surface area (Å²) in [6.45, 7) is 7.26. The Hall–Kier alpha value is -2.72. The van der Waals surface area contributed by atoms with Gasteiger partial charge in [-0.25, -0.2) is 0 Å². The van der Waals surface area contributed by atoms with Crippen LogP contribution >= 0.6 is 11.8 Å². The van der Waals surface area contributed by atoms with E-state index in [4.69, 9.17) is 19.3 Å². The second-order valence-corrected chi connectivity index (χ2v) is 10.5. The Morgan fingerprint density at radius 2 is 1.97 bits per heavy atom. The normalized spacial score (nSPS) is 16.0. The van der Waals surface area contributed by atoms with Gasteiger partial charge in [0.05, 0.1) is 30.9 Å². The molecule has 1 aromatic carbocycles. The standard InChI is InChI=1S/C25H36N4O5S/c1-25(2,3)23-21-22(17-13-16(33-6)9-10-18(17)34-7)35-15-20(31)29(24(21)28(4)27-23)14-19(30)26-11-8-12-32-5/h9-10,13,22H,8,11-12,14-15H2,1-7H3,(H,26,30). The number of ether oxygens (including phenoxy) is 3. The van der Waals surface area contributed by atoms with Crippen LogP contribution in [-0.2, 0) is 26.8 Å². The molecule has 0 radical (unpaired) electrons. The number of carbonyl (C=O) groups is 2. The molecule has 192 valence electrons. The highest BCUT2D eigenvalue weighted by atomic mass is 32.2. The van der Waals surface area contributed by atoms with Crippen LogP contribution in [0.15, 0.2) is 18.2 Å². The van der Waals surface area contributed by atoms with Crippen LogP contribution in [0.3, 0.4) is 0 Å². The zero-order chi connectivity index (χ0) is 25.8. The van der Waals surface area contributed by atoms with Gasteiger partial charge in [-0.15, -0.1) is 11.8 Å². The van der Waals surface area contributed by atoms with E-state index in [-0.39, 0.29) is 34.8 Å². The molecule has 0 saturated carbocycles. The summed E-state index contributed by atoms with van der Waals surface area (Å²) in [7, 11) is 6.70. The lowest BCUT2D eigenvalue weighted by Gasteiger charge is -2.25. The van der Waals surface area contributed by atoms with Crippen molar-refractivity contribution in [2.45, 2.75) is 37.9 Å². The first-order valence-electron chi connectivity index (χ1n) is 11.6. The molecule has 1 unspecified atom stereocenters. The number of hydrogen-bond donors (Lipinski definition) is 1. The van der Waals surface area contributed by atoms with Crippen molar-refractivity contribution in [3.63, 3.8) is 0 Å². The molecule has 2 amide bonds. The smallest absolute Gasteiger partial charge is 0.240 e. The van der Waals surface area contributed by atoms with E-state index in [2.05, 4.69) is 26.1 Å². The average Bonchev–Trinajstić information content (AvgIpc) is 3.10. The van der Waals surface area contributed by atoms with Gasteiger partial charge in [-0.3, -0.25) is 19.2 Å². The molecule has 2 aromatic rings. The molecule has 1 aromatic heterocycles. The Labute approximate surface area is 211 Å². The second kappa shape index (κ2) is 11.3. The third-order valence-electron chi connectivity index (χ3n) is 5.82. The lowest BCUT2D eigenvalue weighted by atomic mass is 9.87. The van der Waals surface area contributed by atoms with E-state index in [1.54, 1.807) is 30.9 Å². The van der Waals surface area contributed by atoms with E-state index < -0.39 is 0 Å². The molecule has 0 spiro atoms. The predicted molar refractivity (Wildman–Crippen MR) is 138 cm³/mol. The molecular formula is C25H36N4O5S. The highest BCUT2D eigenvalue weighted by Gasteiger charge is 2.39. The number of rotatable bonds is 9. The number of amides is 2. The van der Waals surface area contributed by atoms with Crippen LogP contribution in [0.2, 0.25) is 0 Å². The van der Waals surface area contributed by atoms with Crippen molar-refractivity contribution in [3.8, 4) is 11.5 Å². The van der Waals surface area contributed by atoms with Gasteiger partial charge in [0.15, 0.2) is 0 Å². The van der Waals surface area contributed by atoms with Gasteiger partial charge >= 0.3 is 0 Å². The van der Waals surface area contributed by atoms with E-state index in [0.717, 1.165) is 16.8 Å².